The lowest BCUT2D eigenvalue weighted by Gasteiger charge is -2.37. The Morgan fingerprint density at radius 3 is 2.47 bits per heavy atom. The van der Waals surface area contributed by atoms with Gasteiger partial charge in [0.25, 0.3) is 0 Å². The van der Waals surface area contributed by atoms with Crippen LogP contribution in [-0.2, 0) is 13.0 Å². The summed E-state index contributed by atoms with van der Waals surface area (Å²) in [6, 6.07) is 3.02. The van der Waals surface area contributed by atoms with Gasteiger partial charge in [0.05, 0.1) is 0 Å². The molecule has 1 aromatic rings. The third kappa shape index (κ3) is 4.06. The number of thiophene rings is 1. The fraction of sp³-hybridized carbons (Fsp3) is 0.765. The van der Waals surface area contributed by atoms with Crippen molar-refractivity contribution >= 4 is 11.3 Å². The van der Waals surface area contributed by atoms with Crippen molar-refractivity contribution in [1.82, 2.24) is 5.32 Å². The lowest BCUT2D eigenvalue weighted by atomic mass is 9.71. The molecule has 2 heteroatoms. The summed E-state index contributed by atoms with van der Waals surface area (Å²) in [4.78, 5) is 1.54. The molecule has 1 aliphatic rings. The Morgan fingerprint density at radius 1 is 1.21 bits per heavy atom. The van der Waals surface area contributed by atoms with E-state index in [-0.39, 0.29) is 0 Å². The third-order valence-electron chi connectivity index (χ3n) is 4.72. The largest absolute Gasteiger partial charge is 0.309 e. The quantitative estimate of drug-likeness (QED) is 0.817. The van der Waals surface area contributed by atoms with Crippen molar-refractivity contribution in [3.8, 4) is 0 Å². The fourth-order valence-electron chi connectivity index (χ4n) is 3.24. The summed E-state index contributed by atoms with van der Waals surface area (Å²) in [5.41, 5.74) is 2.02. The second-order valence-electron chi connectivity index (χ2n) is 7.02. The summed E-state index contributed by atoms with van der Waals surface area (Å²) in [6.07, 6.45) is 6.67. The second kappa shape index (κ2) is 6.41. The van der Waals surface area contributed by atoms with Gasteiger partial charge in [-0.1, -0.05) is 27.7 Å². The van der Waals surface area contributed by atoms with Gasteiger partial charge in [-0.3, -0.25) is 0 Å². The van der Waals surface area contributed by atoms with Crippen LogP contribution in [0, 0.1) is 11.3 Å². The maximum absolute atomic E-state index is 3.78. The highest BCUT2D eigenvalue weighted by molar-refractivity contribution is 7.10. The van der Waals surface area contributed by atoms with E-state index in [1.165, 1.54) is 31.2 Å². The molecule has 2 rings (SSSR count). The van der Waals surface area contributed by atoms with E-state index >= 15 is 0 Å². The average molecular weight is 279 g/mol. The van der Waals surface area contributed by atoms with Crippen LogP contribution in [0.2, 0.25) is 0 Å². The number of nitrogens with one attached hydrogen (secondary N) is 1. The molecule has 1 heterocycles. The molecule has 1 aromatic heterocycles. The first-order valence-electron chi connectivity index (χ1n) is 7.79. The highest BCUT2D eigenvalue weighted by Gasteiger charge is 2.29. The van der Waals surface area contributed by atoms with Crippen LogP contribution < -0.4 is 5.32 Å². The minimum Gasteiger partial charge on any atom is -0.309 e. The first-order valence-corrected chi connectivity index (χ1v) is 8.67. The molecule has 0 aromatic carbocycles. The van der Waals surface area contributed by atoms with Crippen molar-refractivity contribution in [2.75, 3.05) is 0 Å². The van der Waals surface area contributed by atoms with Gasteiger partial charge < -0.3 is 5.32 Å². The Hall–Kier alpha value is -0.340. The number of rotatable bonds is 4. The lowest BCUT2D eigenvalue weighted by molar-refractivity contribution is 0.160. The van der Waals surface area contributed by atoms with Crippen LogP contribution in [0.3, 0.4) is 0 Å². The van der Waals surface area contributed by atoms with E-state index in [1.807, 2.05) is 11.3 Å². The molecule has 1 fully saturated rings. The van der Waals surface area contributed by atoms with Crippen LogP contribution in [0.15, 0.2) is 11.4 Å². The molecule has 0 atom stereocenters. The highest BCUT2D eigenvalue weighted by Crippen LogP contribution is 2.37. The monoisotopic (exact) mass is 279 g/mol. The Kier molecular flexibility index (Phi) is 5.08. The predicted molar refractivity (Wildman–Crippen MR) is 85.7 cm³/mol. The van der Waals surface area contributed by atoms with Gasteiger partial charge in [-0.05, 0) is 60.4 Å². The number of hydrogen-bond donors (Lipinski definition) is 1. The van der Waals surface area contributed by atoms with Crippen LogP contribution in [0.4, 0.5) is 0 Å². The van der Waals surface area contributed by atoms with Gasteiger partial charge in [-0.2, -0.15) is 0 Å². The molecule has 1 nitrogen and oxygen atoms in total. The van der Waals surface area contributed by atoms with E-state index in [2.05, 4.69) is 44.5 Å². The zero-order chi connectivity index (χ0) is 13.9. The van der Waals surface area contributed by atoms with Crippen LogP contribution in [-0.4, -0.2) is 6.04 Å². The molecule has 0 radical (unpaired) electrons. The van der Waals surface area contributed by atoms with E-state index in [0.29, 0.717) is 5.41 Å². The van der Waals surface area contributed by atoms with Crippen LogP contribution in [0.5, 0.6) is 0 Å². The molecule has 0 bridgehead atoms. The molecule has 108 valence electrons. The zero-order valence-corrected chi connectivity index (χ0v) is 13.8. The van der Waals surface area contributed by atoms with Crippen molar-refractivity contribution < 1.29 is 0 Å². The van der Waals surface area contributed by atoms with E-state index < -0.39 is 0 Å². The summed E-state index contributed by atoms with van der Waals surface area (Å²) in [7, 11) is 0. The van der Waals surface area contributed by atoms with Crippen molar-refractivity contribution in [3.63, 3.8) is 0 Å². The van der Waals surface area contributed by atoms with Gasteiger partial charge in [-0.25, -0.2) is 0 Å². The second-order valence-corrected chi connectivity index (χ2v) is 8.02. The highest BCUT2D eigenvalue weighted by atomic mass is 32.1. The minimum absolute atomic E-state index is 0.494. The Bertz CT molecular complexity index is 380. The molecule has 0 unspecified atom stereocenters. The average Bonchev–Trinajstić information content (AvgIpc) is 2.83. The van der Waals surface area contributed by atoms with Gasteiger partial charge in [-0.15, -0.1) is 11.3 Å². The first-order chi connectivity index (χ1) is 9.00. The molecule has 19 heavy (non-hydrogen) atoms. The van der Waals surface area contributed by atoms with Gasteiger partial charge in [0.15, 0.2) is 0 Å². The van der Waals surface area contributed by atoms with Gasteiger partial charge in [0.2, 0.25) is 0 Å². The topological polar surface area (TPSA) is 12.0 Å². The Labute approximate surface area is 122 Å². The van der Waals surface area contributed by atoms with Crippen LogP contribution in [0.25, 0.3) is 0 Å². The molecule has 1 aliphatic carbocycles. The number of hydrogen-bond acceptors (Lipinski definition) is 2. The molecule has 1 saturated carbocycles. The minimum atomic E-state index is 0.494. The predicted octanol–water partition coefficient (Wildman–Crippen LogP) is 5.01. The number of aryl methyl sites for hydroxylation is 1. The van der Waals surface area contributed by atoms with Crippen molar-refractivity contribution in [2.24, 2.45) is 11.3 Å². The van der Waals surface area contributed by atoms with E-state index in [4.69, 9.17) is 0 Å². The molecule has 0 aliphatic heterocycles. The van der Waals surface area contributed by atoms with Gasteiger partial charge in [0.1, 0.15) is 0 Å². The van der Waals surface area contributed by atoms with Crippen molar-refractivity contribution in [2.45, 2.75) is 72.4 Å². The summed E-state index contributed by atoms with van der Waals surface area (Å²) in [5.74, 6) is 0.915. The summed E-state index contributed by atoms with van der Waals surface area (Å²) in [6.45, 7) is 10.5. The standard InChI is InChI=1S/C17H29NS/c1-5-13-10-11-19-16(13)12-18-15-8-6-14(7-9-15)17(2,3)4/h10-11,14-15,18H,5-9,12H2,1-4H3. The Morgan fingerprint density at radius 2 is 1.89 bits per heavy atom. The molecule has 0 spiro atoms. The summed E-state index contributed by atoms with van der Waals surface area (Å²) < 4.78 is 0. The van der Waals surface area contributed by atoms with E-state index in [9.17, 15) is 0 Å². The van der Waals surface area contributed by atoms with Crippen molar-refractivity contribution in [1.29, 1.82) is 0 Å². The van der Waals surface area contributed by atoms with Gasteiger partial charge >= 0.3 is 0 Å². The Balaban J connectivity index is 1.77. The molecular formula is C17H29NS. The lowest BCUT2D eigenvalue weighted by Crippen LogP contribution is -2.35. The van der Waals surface area contributed by atoms with Crippen molar-refractivity contribution in [3.05, 3.63) is 21.9 Å². The first kappa shape index (κ1) is 15.1. The zero-order valence-electron chi connectivity index (χ0n) is 13.0. The maximum atomic E-state index is 3.78. The molecule has 0 amide bonds. The van der Waals surface area contributed by atoms with Gasteiger partial charge in [0, 0.05) is 17.5 Å². The third-order valence-corrected chi connectivity index (χ3v) is 5.69. The normalized spacial score (nSPS) is 24.6. The molecule has 1 N–H and O–H groups in total. The maximum Gasteiger partial charge on any atom is 0.0305 e. The summed E-state index contributed by atoms with van der Waals surface area (Å²) in [5, 5.41) is 6.01. The molecule has 0 saturated heterocycles. The van der Waals surface area contributed by atoms with E-state index in [1.54, 1.807) is 4.88 Å². The smallest absolute Gasteiger partial charge is 0.0305 e. The SMILES string of the molecule is CCc1ccsc1CNC1CCC(C(C)(C)C)CC1. The van der Waals surface area contributed by atoms with Crippen LogP contribution in [0.1, 0.15) is 63.8 Å². The van der Waals surface area contributed by atoms with E-state index in [0.717, 1.165) is 24.9 Å². The summed E-state index contributed by atoms with van der Waals surface area (Å²) >= 11 is 1.91. The van der Waals surface area contributed by atoms with Crippen LogP contribution >= 0.6 is 11.3 Å². The molecular weight excluding hydrogens is 250 g/mol. The fourth-order valence-corrected chi connectivity index (χ4v) is 4.16.